The van der Waals surface area contributed by atoms with Gasteiger partial charge in [-0.25, -0.2) is 13.4 Å². The molecule has 0 radical (unpaired) electrons. The smallest absolute Gasteiger partial charge is 0.243 e. The van der Waals surface area contributed by atoms with Gasteiger partial charge in [0.1, 0.15) is 0 Å². The molecule has 0 atom stereocenters. The number of anilines is 1. The van der Waals surface area contributed by atoms with Gasteiger partial charge in [-0.05, 0) is 43.7 Å². The second-order valence-electron chi connectivity index (χ2n) is 6.10. The Hall–Kier alpha value is -1.96. The molecule has 0 unspecified atom stereocenters. The molecule has 0 spiro atoms. The summed E-state index contributed by atoms with van der Waals surface area (Å²) in [6.07, 6.45) is 0. The Morgan fingerprint density at radius 3 is 2.44 bits per heavy atom. The van der Waals surface area contributed by atoms with Gasteiger partial charge in [0.15, 0.2) is 5.13 Å². The minimum absolute atomic E-state index is 0.0784. The van der Waals surface area contributed by atoms with Crippen LogP contribution in [-0.2, 0) is 16.6 Å². The number of benzene rings is 2. The molecule has 3 aromatic rings. The van der Waals surface area contributed by atoms with E-state index in [1.54, 1.807) is 30.5 Å². The summed E-state index contributed by atoms with van der Waals surface area (Å²) in [6, 6.07) is 14.9. The minimum atomic E-state index is -3.44. The van der Waals surface area contributed by atoms with E-state index in [9.17, 15) is 8.42 Å². The van der Waals surface area contributed by atoms with Crippen molar-refractivity contribution in [3.8, 4) is 0 Å². The molecule has 25 heavy (non-hydrogen) atoms. The molecule has 0 amide bonds. The number of sulfonamides is 1. The van der Waals surface area contributed by atoms with E-state index in [-0.39, 0.29) is 6.04 Å². The predicted molar refractivity (Wildman–Crippen MR) is 103 cm³/mol. The molecule has 0 saturated heterocycles. The van der Waals surface area contributed by atoms with E-state index in [1.165, 1.54) is 4.31 Å². The number of hydrogen-bond donors (Lipinski definition) is 1. The van der Waals surface area contributed by atoms with Gasteiger partial charge in [0.25, 0.3) is 0 Å². The highest BCUT2D eigenvalue weighted by Gasteiger charge is 2.22. The number of nitrogens with one attached hydrogen (secondary N) is 1. The van der Waals surface area contributed by atoms with Gasteiger partial charge >= 0.3 is 0 Å². The van der Waals surface area contributed by atoms with Crippen LogP contribution in [0.4, 0.5) is 5.13 Å². The molecule has 1 heterocycles. The summed E-state index contributed by atoms with van der Waals surface area (Å²) in [5, 5.41) is 4.16. The summed E-state index contributed by atoms with van der Waals surface area (Å²) in [5.41, 5.74) is 1.98. The highest BCUT2D eigenvalue weighted by atomic mass is 32.2. The number of nitrogens with zero attached hydrogens (tertiary/aromatic N) is 2. The SMILES string of the molecule is CC(C)N(C)S(=O)(=O)c1ccc(CNc2nc3ccccc3s2)cc1. The molecule has 1 aromatic heterocycles. The van der Waals surface area contributed by atoms with E-state index in [0.717, 1.165) is 20.9 Å². The number of fused-ring (bicyclic) bond motifs is 1. The topological polar surface area (TPSA) is 62.3 Å². The third kappa shape index (κ3) is 3.84. The first kappa shape index (κ1) is 17.8. The Morgan fingerprint density at radius 2 is 1.80 bits per heavy atom. The number of thiazole rings is 1. The molecular weight excluding hydrogens is 354 g/mol. The van der Waals surface area contributed by atoms with Crippen LogP contribution in [0.3, 0.4) is 0 Å². The molecular formula is C18H21N3O2S2. The first-order valence-corrected chi connectivity index (χ1v) is 10.3. The van der Waals surface area contributed by atoms with Crippen LogP contribution < -0.4 is 5.32 Å². The Labute approximate surface area is 152 Å². The maximum atomic E-state index is 12.5. The average Bonchev–Trinajstić information content (AvgIpc) is 3.02. The van der Waals surface area contributed by atoms with E-state index in [4.69, 9.17) is 0 Å². The lowest BCUT2D eigenvalue weighted by Gasteiger charge is -2.21. The van der Waals surface area contributed by atoms with Crippen molar-refractivity contribution in [3.63, 3.8) is 0 Å². The molecule has 1 N–H and O–H groups in total. The number of hydrogen-bond acceptors (Lipinski definition) is 5. The highest BCUT2D eigenvalue weighted by molar-refractivity contribution is 7.89. The van der Waals surface area contributed by atoms with Gasteiger partial charge in [-0.2, -0.15) is 4.31 Å². The normalized spacial score (nSPS) is 12.2. The van der Waals surface area contributed by atoms with Crippen LogP contribution in [-0.4, -0.2) is 30.8 Å². The van der Waals surface area contributed by atoms with Gasteiger partial charge in [0.05, 0.1) is 15.1 Å². The Bertz CT molecular complexity index is 930. The zero-order chi connectivity index (χ0) is 18.0. The third-order valence-electron chi connectivity index (χ3n) is 4.07. The lowest BCUT2D eigenvalue weighted by Crippen LogP contribution is -2.33. The van der Waals surface area contributed by atoms with Crippen molar-refractivity contribution in [2.24, 2.45) is 0 Å². The summed E-state index contributed by atoms with van der Waals surface area (Å²) in [7, 11) is -1.84. The van der Waals surface area contributed by atoms with Crippen LogP contribution in [0.15, 0.2) is 53.4 Å². The van der Waals surface area contributed by atoms with Crippen LogP contribution in [0.2, 0.25) is 0 Å². The van der Waals surface area contributed by atoms with Crippen LogP contribution in [0.25, 0.3) is 10.2 Å². The van der Waals surface area contributed by atoms with Crippen molar-refractivity contribution in [3.05, 3.63) is 54.1 Å². The molecule has 5 nitrogen and oxygen atoms in total. The summed E-state index contributed by atoms with van der Waals surface area (Å²) in [4.78, 5) is 4.84. The van der Waals surface area contributed by atoms with E-state index in [1.807, 2.05) is 50.2 Å². The van der Waals surface area contributed by atoms with Gasteiger partial charge in [-0.15, -0.1) is 0 Å². The lowest BCUT2D eigenvalue weighted by atomic mass is 10.2. The van der Waals surface area contributed by atoms with Gasteiger partial charge < -0.3 is 5.32 Å². The fourth-order valence-corrected chi connectivity index (χ4v) is 4.58. The van der Waals surface area contributed by atoms with Gasteiger partial charge in [0.2, 0.25) is 10.0 Å². The van der Waals surface area contributed by atoms with Crippen LogP contribution >= 0.6 is 11.3 Å². The predicted octanol–water partition coefficient (Wildman–Crippen LogP) is 3.94. The number of aromatic nitrogens is 1. The second-order valence-corrected chi connectivity index (χ2v) is 9.13. The summed E-state index contributed by atoms with van der Waals surface area (Å²) in [5.74, 6) is 0. The van der Waals surface area contributed by atoms with Gasteiger partial charge in [0, 0.05) is 19.6 Å². The monoisotopic (exact) mass is 375 g/mol. The molecule has 0 saturated carbocycles. The minimum Gasteiger partial charge on any atom is -0.357 e. The molecule has 0 fully saturated rings. The van der Waals surface area contributed by atoms with Crippen molar-refractivity contribution >= 4 is 36.7 Å². The van der Waals surface area contributed by atoms with Gasteiger partial charge in [-0.1, -0.05) is 35.6 Å². The molecule has 0 aliphatic rings. The molecule has 3 rings (SSSR count). The average molecular weight is 376 g/mol. The fraction of sp³-hybridized carbons (Fsp3) is 0.278. The Balaban J connectivity index is 1.70. The molecule has 0 bridgehead atoms. The van der Waals surface area contributed by atoms with E-state index in [2.05, 4.69) is 10.3 Å². The molecule has 0 aliphatic carbocycles. The maximum Gasteiger partial charge on any atom is 0.243 e. The summed E-state index contributed by atoms with van der Waals surface area (Å²) < 4.78 is 27.4. The van der Waals surface area contributed by atoms with E-state index in [0.29, 0.717) is 11.4 Å². The van der Waals surface area contributed by atoms with Crippen molar-refractivity contribution in [2.45, 2.75) is 31.3 Å². The molecule has 2 aromatic carbocycles. The standard InChI is InChI=1S/C18H21N3O2S2/c1-13(2)21(3)25(22,23)15-10-8-14(9-11-15)12-19-18-20-16-6-4-5-7-17(16)24-18/h4-11,13H,12H2,1-3H3,(H,19,20). The van der Waals surface area contributed by atoms with Crippen LogP contribution in [0.1, 0.15) is 19.4 Å². The first-order chi connectivity index (χ1) is 11.9. The zero-order valence-electron chi connectivity index (χ0n) is 14.4. The number of rotatable bonds is 6. The number of para-hydroxylation sites is 1. The summed E-state index contributed by atoms with van der Waals surface area (Å²) in [6.45, 7) is 4.31. The van der Waals surface area contributed by atoms with Gasteiger partial charge in [-0.3, -0.25) is 0 Å². The van der Waals surface area contributed by atoms with E-state index < -0.39 is 10.0 Å². The maximum absolute atomic E-state index is 12.5. The van der Waals surface area contributed by atoms with Crippen molar-refractivity contribution in [1.29, 1.82) is 0 Å². The molecule has 132 valence electrons. The Kier molecular flexibility index (Phi) is 5.08. The van der Waals surface area contributed by atoms with E-state index >= 15 is 0 Å². The van der Waals surface area contributed by atoms with Crippen molar-refractivity contribution in [1.82, 2.24) is 9.29 Å². The van der Waals surface area contributed by atoms with Crippen molar-refractivity contribution in [2.75, 3.05) is 12.4 Å². The lowest BCUT2D eigenvalue weighted by molar-refractivity contribution is 0.410. The quantitative estimate of drug-likeness (QED) is 0.709. The summed E-state index contributed by atoms with van der Waals surface area (Å²) >= 11 is 1.61. The largest absolute Gasteiger partial charge is 0.357 e. The van der Waals surface area contributed by atoms with Crippen LogP contribution in [0, 0.1) is 0 Å². The first-order valence-electron chi connectivity index (χ1n) is 8.04. The molecule has 7 heteroatoms. The Morgan fingerprint density at radius 1 is 1.12 bits per heavy atom. The highest BCUT2D eigenvalue weighted by Crippen LogP contribution is 2.26. The third-order valence-corrected chi connectivity index (χ3v) is 7.11. The fourth-order valence-electron chi connectivity index (χ4n) is 2.35. The van der Waals surface area contributed by atoms with Crippen molar-refractivity contribution < 1.29 is 8.42 Å². The zero-order valence-corrected chi connectivity index (χ0v) is 16.1. The second kappa shape index (κ2) is 7.11. The van der Waals surface area contributed by atoms with Crippen LogP contribution in [0.5, 0.6) is 0 Å². The molecule has 0 aliphatic heterocycles.